The number of anilines is 1. The van der Waals surface area contributed by atoms with E-state index in [1.165, 1.54) is 0 Å². The van der Waals surface area contributed by atoms with Crippen molar-refractivity contribution in [1.29, 1.82) is 0 Å². The molecular formula is C17H21N5OS. The molecule has 1 aliphatic heterocycles. The van der Waals surface area contributed by atoms with E-state index in [0.29, 0.717) is 6.61 Å². The molecule has 0 saturated carbocycles. The Bertz CT molecular complexity index is 850. The molecule has 0 aromatic carbocycles. The lowest BCUT2D eigenvalue weighted by Gasteiger charge is -2.32. The van der Waals surface area contributed by atoms with Crippen molar-refractivity contribution < 1.29 is 4.74 Å². The number of imidazole rings is 1. The first-order valence-electron chi connectivity index (χ1n) is 8.12. The predicted octanol–water partition coefficient (Wildman–Crippen LogP) is 3.06. The van der Waals surface area contributed by atoms with Gasteiger partial charge in [-0.15, -0.1) is 11.3 Å². The van der Waals surface area contributed by atoms with Crippen LogP contribution in [-0.2, 0) is 10.2 Å². The summed E-state index contributed by atoms with van der Waals surface area (Å²) in [6.45, 7) is 8.77. The fourth-order valence-electron chi connectivity index (χ4n) is 2.83. The molecule has 7 heteroatoms. The van der Waals surface area contributed by atoms with Crippen LogP contribution in [-0.4, -0.2) is 39.0 Å². The van der Waals surface area contributed by atoms with Crippen LogP contribution in [0.5, 0.6) is 0 Å². The van der Waals surface area contributed by atoms with Crippen molar-refractivity contribution in [2.75, 3.05) is 24.6 Å². The third kappa shape index (κ3) is 2.78. The standard InChI is InChI=1S/C17H21N5OS/c1-17(2,3)13-11-24-16(20-13)12-10-22(8-9-23-12)15-14-18-4-6-21(14)7-5-19-15/h4-7,11-12H,8-10H2,1-3H3. The first-order chi connectivity index (χ1) is 11.5. The van der Waals surface area contributed by atoms with Crippen molar-refractivity contribution in [3.05, 3.63) is 40.9 Å². The van der Waals surface area contributed by atoms with E-state index >= 15 is 0 Å². The number of hydrogen-bond acceptors (Lipinski definition) is 6. The molecule has 1 unspecified atom stereocenters. The van der Waals surface area contributed by atoms with Crippen molar-refractivity contribution in [3.63, 3.8) is 0 Å². The summed E-state index contributed by atoms with van der Waals surface area (Å²) in [5.41, 5.74) is 2.07. The summed E-state index contributed by atoms with van der Waals surface area (Å²) in [7, 11) is 0. The van der Waals surface area contributed by atoms with Gasteiger partial charge in [0.1, 0.15) is 11.1 Å². The molecule has 0 bridgehead atoms. The summed E-state index contributed by atoms with van der Waals surface area (Å²) in [6.07, 6.45) is 7.45. The number of hydrogen-bond donors (Lipinski definition) is 0. The van der Waals surface area contributed by atoms with E-state index in [1.807, 2.05) is 23.0 Å². The van der Waals surface area contributed by atoms with Gasteiger partial charge in [0.25, 0.3) is 0 Å². The number of rotatable bonds is 2. The van der Waals surface area contributed by atoms with Crippen LogP contribution in [0.3, 0.4) is 0 Å². The minimum atomic E-state index is -0.0168. The molecule has 0 spiro atoms. The molecule has 1 fully saturated rings. The molecule has 0 aliphatic carbocycles. The fourth-order valence-corrected chi connectivity index (χ4v) is 3.92. The van der Waals surface area contributed by atoms with Crippen molar-refractivity contribution >= 4 is 22.8 Å². The van der Waals surface area contributed by atoms with Crippen molar-refractivity contribution in [1.82, 2.24) is 19.4 Å². The van der Waals surface area contributed by atoms with Crippen molar-refractivity contribution in [2.24, 2.45) is 0 Å². The summed E-state index contributed by atoms with van der Waals surface area (Å²) >= 11 is 1.68. The van der Waals surface area contributed by atoms with E-state index in [4.69, 9.17) is 9.72 Å². The molecule has 6 nitrogen and oxygen atoms in total. The van der Waals surface area contributed by atoms with E-state index in [2.05, 4.69) is 41.0 Å². The lowest BCUT2D eigenvalue weighted by Crippen LogP contribution is -2.39. The Kier molecular flexibility index (Phi) is 3.77. The van der Waals surface area contributed by atoms with E-state index in [0.717, 1.165) is 35.3 Å². The van der Waals surface area contributed by atoms with Gasteiger partial charge in [0.2, 0.25) is 0 Å². The number of nitrogens with zero attached hydrogens (tertiary/aromatic N) is 5. The molecule has 1 aliphatic rings. The second-order valence-electron chi connectivity index (χ2n) is 7.04. The molecule has 126 valence electrons. The van der Waals surface area contributed by atoms with Gasteiger partial charge < -0.3 is 14.0 Å². The van der Waals surface area contributed by atoms with Crippen LogP contribution in [0.4, 0.5) is 5.82 Å². The van der Waals surface area contributed by atoms with Gasteiger partial charge in [-0.3, -0.25) is 0 Å². The van der Waals surface area contributed by atoms with Gasteiger partial charge in [0.15, 0.2) is 11.5 Å². The smallest absolute Gasteiger partial charge is 0.180 e. The molecule has 0 amide bonds. The van der Waals surface area contributed by atoms with Gasteiger partial charge in [-0.25, -0.2) is 15.0 Å². The van der Waals surface area contributed by atoms with Crippen LogP contribution in [0.15, 0.2) is 30.2 Å². The minimum absolute atomic E-state index is 0.0168. The largest absolute Gasteiger partial charge is 0.367 e. The Morgan fingerprint density at radius 3 is 2.75 bits per heavy atom. The Balaban J connectivity index is 1.60. The molecule has 4 heterocycles. The Morgan fingerprint density at radius 1 is 1.21 bits per heavy atom. The zero-order valence-electron chi connectivity index (χ0n) is 14.1. The van der Waals surface area contributed by atoms with E-state index in [1.54, 1.807) is 17.5 Å². The van der Waals surface area contributed by atoms with Crippen LogP contribution in [0.1, 0.15) is 37.6 Å². The summed E-state index contributed by atoms with van der Waals surface area (Å²) in [4.78, 5) is 16.0. The summed E-state index contributed by atoms with van der Waals surface area (Å²) in [5.74, 6) is 0.906. The first kappa shape index (κ1) is 15.5. The number of aromatic nitrogens is 4. The van der Waals surface area contributed by atoms with Crippen molar-refractivity contribution in [2.45, 2.75) is 32.3 Å². The fraction of sp³-hybridized carbons (Fsp3) is 0.471. The lowest BCUT2D eigenvalue weighted by atomic mass is 9.93. The normalized spacial score (nSPS) is 19.1. The summed E-state index contributed by atoms with van der Waals surface area (Å²) < 4.78 is 7.98. The van der Waals surface area contributed by atoms with Gasteiger partial charge in [0.05, 0.1) is 18.8 Å². The van der Waals surface area contributed by atoms with Crippen LogP contribution < -0.4 is 4.90 Å². The number of fused-ring (bicyclic) bond motifs is 1. The highest BCUT2D eigenvalue weighted by molar-refractivity contribution is 7.09. The highest BCUT2D eigenvalue weighted by atomic mass is 32.1. The molecule has 0 N–H and O–H groups in total. The third-order valence-corrected chi connectivity index (χ3v) is 5.16. The van der Waals surface area contributed by atoms with E-state index < -0.39 is 0 Å². The average Bonchev–Trinajstić information content (AvgIpc) is 3.23. The van der Waals surface area contributed by atoms with Crippen LogP contribution in [0, 0.1) is 0 Å². The third-order valence-electron chi connectivity index (χ3n) is 4.22. The molecule has 1 saturated heterocycles. The highest BCUT2D eigenvalue weighted by Crippen LogP contribution is 2.31. The second kappa shape index (κ2) is 5.82. The van der Waals surface area contributed by atoms with Crippen LogP contribution in [0.25, 0.3) is 5.65 Å². The molecule has 4 rings (SSSR count). The van der Waals surface area contributed by atoms with E-state index in [9.17, 15) is 0 Å². The minimum Gasteiger partial charge on any atom is -0.367 e. The second-order valence-corrected chi connectivity index (χ2v) is 7.93. The molecule has 24 heavy (non-hydrogen) atoms. The maximum atomic E-state index is 5.99. The zero-order valence-corrected chi connectivity index (χ0v) is 15.0. The van der Waals surface area contributed by atoms with Gasteiger partial charge in [-0.05, 0) is 0 Å². The molecule has 3 aromatic rings. The maximum Gasteiger partial charge on any atom is 0.180 e. The quantitative estimate of drug-likeness (QED) is 0.716. The van der Waals surface area contributed by atoms with E-state index in [-0.39, 0.29) is 11.5 Å². The van der Waals surface area contributed by atoms with Crippen molar-refractivity contribution in [3.8, 4) is 0 Å². The Morgan fingerprint density at radius 2 is 2.00 bits per heavy atom. The zero-order chi connectivity index (χ0) is 16.7. The van der Waals surface area contributed by atoms with Gasteiger partial charge in [-0.2, -0.15) is 0 Å². The monoisotopic (exact) mass is 343 g/mol. The van der Waals surface area contributed by atoms with Gasteiger partial charge >= 0.3 is 0 Å². The number of thiazole rings is 1. The van der Waals surface area contributed by atoms with Gasteiger partial charge in [0, 0.05) is 42.1 Å². The Hall–Kier alpha value is -1.99. The first-order valence-corrected chi connectivity index (χ1v) is 9.00. The van der Waals surface area contributed by atoms with Gasteiger partial charge in [-0.1, -0.05) is 20.8 Å². The highest BCUT2D eigenvalue weighted by Gasteiger charge is 2.28. The molecule has 3 aromatic heterocycles. The lowest BCUT2D eigenvalue weighted by molar-refractivity contribution is 0.0393. The topological polar surface area (TPSA) is 55.6 Å². The number of morpholine rings is 1. The maximum absolute atomic E-state index is 5.99. The molecule has 1 atom stereocenters. The van der Waals surface area contributed by atoms with Crippen LogP contribution in [0.2, 0.25) is 0 Å². The SMILES string of the molecule is CC(C)(C)c1csc(C2CN(c3nccn4ccnc34)CCO2)n1. The number of ether oxygens (including phenoxy) is 1. The summed E-state index contributed by atoms with van der Waals surface area (Å²) in [6, 6.07) is 0. The summed E-state index contributed by atoms with van der Waals surface area (Å²) in [5, 5.41) is 3.19. The molecule has 0 radical (unpaired) electrons. The molecular weight excluding hydrogens is 322 g/mol. The predicted molar refractivity (Wildman–Crippen MR) is 94.7 cm³/mol. The van der Waals surface area contributed by atoms with Crippen LogP contribution >= 0.6 is 11.3 Å². The average molecular weight is 343 g/mol. The Labute approximate surface area is 145 Å².